The van der Waals surface area contributed by atoms with Crippen LogP contribution in [0.5, 0.6) is 0 Å². The van der Waals surface area contributed by atoms with Crippen LogP contribution < -0.4 is 16.0 Å². The first kappa shape index (κ1) is 14.1. The molecule has 18 heavy (non-hydrogen) atoms. The fourth-order valence-electron chi connectivity index (χ4n) is 1.20. The van der Waals surface area contributed by atoms with Crippen molar-refractivity contribution >= 4 is 29.3 Å². The van der Waals surface area contributed by atoms with Gasteiger partial charge < -0.3 is 16.0 Å². The van der Waals surface area contributed by atoms with Gasteiger partial charge in [-0.25, -0.2) is 9.97 Å². The molecule has 0 atom stereocenters. The van der Waals surface area contributed by atoms with Gasteiger partial charge in [0.25, 0.3) is 0 Å². The SMILES string of the molecule is CNC(=O)CNc1nc(SC)nc(NC)c1C#N. The predicted octanol–water partition coefficient (Wildman–Crippen LogP) is 0.270. The van der Waals surface area contributed by atoms with Gasteiger partial charge in [-0.3, -0.25) is 4.79 Å². The lowest BCUT2D eigenvalue weighted by Crippen LogP contribution is -2.27. The molecule has 0 aromatic carbocycles. The molecule has 1 heterocycles. The molecule has 0 aliphatic heterocycles. The van der Waals surface area contributed by atoms with E-state index in [-0.39, 0.29) is 12.5 Å². The number of anilines is 2. The molecule has 96 valence electrons. The monoisotopic (exact) mass is 266 g/mol. The number of nitrogens with one attached hydrogen (secondary N) is 3. The van der Waals surface area contributed by atoms with Gasteiger partial charge in [0.15, 0.2) is 16.8 Å². The summed E-state index contributed by atoms with van der Waals surface area (Å²) in [5.74, 6) is 0.607. The Balaban J connectivity index is 3.07. The Morgan fingerprint density at radius 1 is 1.39 bits per heavy atom. The summed E-state index contributed by atoms with van der Waals surface area (Å²) in [4.78, 5) is 19.5. The van der Waals surface area contributed by atoms with E-state index >= 15 is 0 Å². The second-order valence-corrected chi connectivity index (χ2v) is 3.94. The zero-order chi connectivity index (χ0) is 13.5. The van der Waals surface area contributed by atoms with E-state index in [2.05, 4.69) is 25.9 Å². The van der Waals surface area contributed by atoms with Crippen LogP contribution in [0.4, 0.5) is 11.6 Å². The summed E-state index contributed by atoms with van der Waals surface area (Å²) in [6.45, 7) is 0.0547. The number of thioether (sulfide) groups is 1. The molecule has 0 spiro atoms. The molecule has 1 aromatic heterocycles. The molecular weight excluding hydrogens is 252 g/mol. The Kier molecular flexibility index (Phi) is 5.20. The number of carbonyl (C=O) groups excluding carboxylic acids is 1. The average molecular weight is 266 g/mol. The van der Waals surface area contributed by atoms with Gasteiger partial charge in [-0.2, -0.15) is 5.26 Å². The van der Waals surface area contributed by atoms with E-state index in [0.717, 1.165) is 0 Å². The van der Waals surface area contributed by atoms with Gasteiger partial charge in [0, 0.05) is 14.1 Å². The summed E-state index contributed by atoms with van der Waals surface area (Å²) in [5, 5.41) is 17.8. The third-order valence-corrected chi connectivity index (χ3v) is 2.66. The van der Waals surface area contributed by atoms with Crippen LogP contribution in [0, 0.1) is 11.3 Å². The van der Waals surface area contributed by atoms with Crippen LogP contribution >= 0.6 is 11.8 Å². The van der Waals surface area contributed by atoms with Crippen molar-refractivity contribution < 1.29 is 4.79 Å². The smallest absolute Gasteiger partial charge is 0.239 e. The van der Waals surface area contributed by atoms with Crippen molar-refractivity contribution in [2.75, 3.05) is 37.5 Å². The number of rotatable bonds is 5. The molecule has 0 bridgehead atoms. The third-order valence-electron chi connectivity index (χ3n) is 2.11. The van der Waals surface area contributed by atoms with Crippen molar-refractivity contribution in [2.24, 2.45) is 0 Å². The summed E-state index contributed by atoms with van der Waals surface area (Å²) >= 11 is 1.36. The Hall–Kier alpha value is -2.01. The average Bonchev–Trinajstić information content (AvgIpc) is 2.43. The second-order valence-electron chi connectivity index (χ2n) is 3.17. The van der Waals surface area contributed by atoms with E-state index in [1.807, 2.05) is 12.3 Å². The van der Waals surface area contributed by atoms with Crippen LogP contribution in [0.2, 0.25) is 0 Å². The maximum Gasteiger partial charge on any atom is 0.239 e. The topological polar surface area (TPSA) is 103 Å². The van der Waals surface area contributed by atoms with Crippen molar-refractivity contribution in [2.45, 2.75) is 5.16 Å². The molecule has 0 aliphatic rings. The number of hydrogen-bond acceptors (Lipinski definition) is 7. The number of carbonyl (C=O) groups is 1. The Bertz CT molecular complexity index is 484. The number of hydrogen-bond donors (Lipinski definition) is 3. The van der Waals surface area contributed by atoms with Crippen LogP contribution in [-0.4, -0.2) is 42.8 Å². The fraction of sp³-hybridized carbons (Fsp3) is 0.400. The highest BCUT2D eigenvalue weighted by molar-refractivity contribution is 7.98. The molecule has 0 aliphatic carbocycles. The minimum absolute atomic E-state index is 0.0547. The molecule has 3 N–H and O–H groups in total. The fourth-order valence-corrected chi connectivity index (χ4v) is 1.56. The lowest BCUT2D eigenvalue weighted by atomic mass is 10.3. The Morgan fingerprint density at radius 3 is 2.56 bits per heavy atom. The maximum absolute atomic E-state index is 11.2. The standard InChI is InChI=1S/C10H14N6OS/c1-12-7(17)5-14-9-6(4-11)8(13-2)15-10(16-9)18-3/h5H2,1-3H3,(H,12,17)(H2,13,14,15,16). The van der Waals surface area contributed by atoms with E-state index in [4.69, 9.17) is 5.26 Å². The first-order chi connectivity index (χ1) is 8.65. The normalized spacial score (nSPS) is 9.44. The number of aromatic nitrogens is 2. The molecule has 0 radical (unpaired) electrons. The van der Waals surface area contributed by atoms with Gasteiger partial charge in [-0.1, -0.05) is 11.8 Å². The molecule has 0 unspecified atom stereocenters. The second kappa shape index (κ2) is 6.66. The first-order valence-corrected chi connectivity index (χ1v) is 6.37. The van der Waals surface area contributed by atoms with Crippen molar-refractivity contribution in [3.8, 4) is 6.07 Å². The minimum Gasteiger partial charge on any atom is -0.372 e. The van der Waals surface area contributed by atoms with E-state index in [1.165, 1.54) is 11.8 Å². The molecule has 0 saturated carbocycles. The summed E-state index contributed by atoms with van der Waals surface area (Å²) in [6, 6.07) is 2.02. The zero-order valence-electron chi connectivity index (χ0n) is 10.4. The molecule has 0 saturated heterocycles. The number of likely N-dealkylation sites (N-methyl/N-ethyl adjacent to an activating group) is 1. The zero-order valence-corrected chi connectivity index (χ0v) is 11.2. The van der Waals surface area contributed by atoms with Gasteiger partial charge in [-0.15, -0.1) is 0 Å². The van der Waals surface area contributed by atoms with E-state index in [9.17, 15) is 4.79 Å². The number of nitrogens with zero attached hydrogens (tertiary/aromatic N) is 3. The minimum atomic E-state index is -0.186. The molecule has 1 aromatic rings. The van der Waals surface area contributed by atoms with Gasteiger partial charge in [0.2, 0.25) is 5.91 Å². The molecular formula is C10H14N6OS. The highest BCUT2D eigenvalue weighted by atomic mass is 32.2. The van der Waals surface area contributed by atoms with Crippen LogP contribution in [0.3, 0.4) is 0 Å². The van der Waals surface area contributed by atoms with Gasteiger partial charge in [0.1, 0.15) is 11.6 Å². The van der Waals surface area contributed by atoms with Crippen LogP contribution in [0.25, 0.3) is 0 Å². The molecule has 8 heteroatoms. The van der Waals surface area contributed by atoms with Gasteiger partial charge in [-0.05, 0) is 6.26 Å². The predicted molar refractivity (Wildman–Crippen MR) is 70.6 cm³/mol. The van der Waals surface area contributed by atoms with E-state index in [1.54, 1.807) is 14.1 Å². The van der Waals surface area contributed by atoms with Crippen LogP contribution in [0.1, 0.15) is 5.56 Å². The summed E-state index contributed by atoms with van der Waals surface area (Å²) in [7, 11) is 3.22. The lowest BCUT2D eigenvalue weighted by Gasteiger charge is -2.10. The van der Waals surface area contributed by atoms with Crippen molar-refractivity contribution in [3.63, 3.8) is 0 Å². The van der Waals surface area contributed by atoms with Crippen molar-refractivity contribution in [1.29, 1.82) is 5.26 Å². The van der Waals surface area contributed by atoms with Gasteiger partial charge >= 0.3 is 0 Å². The largest absolute Gasteiger partial charge is 0.372 e. The first-order valence-electron chi connectivity index (χ1n) is 5.14. The third kappa shape index (κ3) is 3.24. The lowest BCUT2D eigenvalue weighted by molar-refractivity contribution is -0.118. The van der Waals surface area contributed by atoms with E-state index < -0.39 is 0 Å². The van der Waals surface area contributed by atoms with Crippen LogP contribution in [-0.2, 0) is 4.79 Å². The summed E-state index contributed by atoms with van der Waals surface area (Å²) in [5.41, 5.74) is 0.291. The Labute approximate surface area is 109 Å². The van der Waals surface area contributed by atoms with E-state index in [0.29, 0.717) is 22.4 Å². The van der Waals surface area contributed by atoms with Crippen molar-refractivity contribution in [3.05, 3.63) is 5.56 Å². The van der Waals surface area contributed by atoms with Crippen molar-refractivity contribution in [1.82, 2.24) is 15.3 Å². The number of nitriles is 1. The summed E-state index contributed by atoms with van der Waals surface area (Å²) < 4.78 is 0. The van der Waals surface area contributed by atoms with Crippen LogP contribution in [0.15, 0.2) is 5.16 Å². The molecule has 7 nitrogen and oxygen atoms in total. The number of amides is 1. The molecule has 1 amide bonds. The quantitative estimate of drug-likeness (QED) is 0.519. The van der Waals surface area contributed by atoms with Gasteiger partial charge in [0.05, 0.1) is 6.54 Å². The molecule has 1 rings (SSSR count). The maximum atomic E-state index is 11.2. The highest BCUT2D eigenvalue weighted by Gasteiger charge is 2.13. The highest BCUT2D eigenvalue weighted by Crippen LogP contribution is 2.23. The summed E-state index contributed by atoms with van der Waals surface area (Å²) in [6.07, 6.45) is 1.84. The Morgan fingerprint density at radius 2 is 2.06 bits per heavy atom. The molecule has 0 fully saturated rings.